The predicted octanol–water partition coefficient (Wildman–Crippen LogP) is 16.2. The lowest BCUT2D eigenvalue weighted by atomic mass is 9.65. The van der Waals surface area contributed by atoms with Crippen molar-refractivity contribution < 1.29 is 29.4 Å². The molecule has 13 aliphatic rings. The van der Waals surface area contributed by atoms with E-state index in [2.05, 4.69) is 59.2 Å². The van der Waals surface area contributed by atoms with Crippen LogP contribution in [0.4, 0.5) is 0 Å². The smallest absolute Gasteiger partial charge is 0.303 e. The highest BCUT2D eigenvalue weighted by molar-refractivity contribution is 6.73. The van der Waals surface area contributed by atoms with Gasteiger partial charge in [0.2, 0.25) is 11.8 Å². The maximum absolute atomic E-state index is 13.0. The topological polar surface area (TPSA) is 133 Å². The van der Waals surface area contributed by atoms with E-state index in [4.69, 9.17) is 0 Å². The number of benzene rings is 16. The van der Waals surface area contributed by atoms with E-state index in [0.717, 1.165) is 11.1 Å². The molecule has 8 nitrogen and oxygen atoms in total. The Morgan fingerprint density at radius 3 is 0.913 bits per heavy atom. The van der Waals surface area contributed by atoms with Crippen LogP contribution in [0.15, 0.2) is 48.5 Å². The second kappa shape index (κ2) is 10.1. The van der Waals surface area contributed by atoms with Crippen molar-refractivity contribution in [3.63, 3.8) is 0 Å². The third-order valence-corrected chi connectivity index (χ3v) is 30.5. The van der Waals surface area contributed by atoms with E-state index < -0.39 is 28.2 Å². The van der Waals surface area contributed by atoms with Crippen molar-refractivity contribution >= 4 is 239 Å². The quantitative estimate of drug-likeness (QED) is 0.0802. The van der Waals surface area contributed by atoms with Crippen molar-refractivity contribution in [2.45, 2.75) is 72.0 Å². The number of carbonyl (C=O) groups is 4. The van der Waals surface area contributed by atoms with E-state index in [1.165, 1.54) is 11.1 Å². The van der Waals surface area contributed by atoms with Gasteiger partial charge in [0.1, 0.15) is 0 Å². The highest BCUT2D eigenvalue weighted by Crippen LogP contribution is 2.99. The van der Waals surface area contributed by atoms with Gasteiger partial charge < -0.3 is 20.8 Å². The summed E-state index contributed by atoms with van der Waals surface area (Å²) in [6, 6.07) is 19.5. The van der Waals surface area contributed by atoms with Crippen LogP contribution in [0.1, 0.15) is 127 Å². The average Bonchev–Trinajstić information content (AvgIpc) is 1.35. The van der Waals surface area contributed by atoms with Gasteiger partial charge in [-0.05, 0) is 328 Å². The van der Waals surface area contributed by atoms with Crippen molar-refractivity contribution in [3.05, 3.63) is 138 Å². The number of carboxylic acid groups (broad SMARTS) is 2. The molecule has 8 heteroatoms. The molecule has 5 unspecified atom stereocenters. The van der Waals surface area contributed by atoms with Gasteiger partial charge in [-0.25, -0.2) is 0 Å². The van der Waals surface area contributed by atoms with Gasteiger partial charge in [0.25, 0.3) is 0 Å². The van der Waals surface area contributed by atoms with Crippen molar-refractivity contribution in [3.8, 4) is 11.1 Å². The second-order valence-electron chi connectivity index (χ2n) is 31.7. The maximum Gasteiger partial charge on any atom is 0.303 e. The molecule has 22 aromatic rings. The minimum atomic E-state index is -0.968. The summed E-state index contributed by atoms with van der Waals surface area (Å²) in [5.74, 6) is -1.91. The molecule has 0 heterocycles. The number of hydrogen-bond acceptors (Lipinski definition) is 4. The second-order valence-corrected chi connectivity index (χ2v) is 31.7. The Kier molecular flexibility index (Phi) is 4.42. The van der Waals surface area contributed by atoms with Crippen molar-refractivity contribution in [2.75, 3.05) is 13.1 Å². The lowest BCUT2D eigenvalue weighted by molar-refractivity contribution is -0.139. The Morgan fingerprint density at radius 2 is 0.554 bits per heavy atom. The number of hydrogen-bond donors (Lipinski definition) is 4. The monoisotopic (exact) mass is 1160 g/mol. The Morgan fingerprint density at radius 1 is 0.293 bits per heavy atom. The van der Waals surface area contributed by atoms with Gasteiger partial charge >= 0.3 is 11.9 Å². The van der Waals surface area contributed by atoms with E-state index in [1.54, 1.807) is 293 Å². The van der Waals surface area contributed by atoms with E-state index in [-0.39, 0.29) is 54.7 Å². The highest BCUT2D eigenvalue weighted by Gasteiger charge is 2.96. The molecule has 4 N–H and O–H groups in total. The first kappa shape index (κ1) is 40.1. The van der Waals surface area contributed by atoms with Crippen LogP contribution < -0.4 is 10.6 Å². The Labute approximate surface area is 510 Å². The van der Waals surface area contributed by atoms with Crippen LogP contribution in [-0.4, -0.2) is 47.1 Å². The molecule has 92 heavy (non-hydrogen) atoms. The Bertz CT molecular complexity index is 8070. The fraction of sp³-hybridized carbons (Fsp3) is 0.167. The van der Waals surface area contributed by atoms with Gasteiger partial charge in [-0.15, -0.1) is 0 Å². The molecule has 5 atom stereocenters. The fourth-order valence-corrected chi connectivity index (χ4v) is 29.9. The summed E-state index contributed by atoms with van der Waals surface area (Å²) in [5.41, 5.74) is 26.2. The largest absolute Gasteiger partial charge is 0.481 e. The summed E-state index contributed by atoms with van der Waals surface area (Å²) in [7, 11) is 0. The molecule has 0 radical (unpaired) electrons. The van der Waals surface area contributed by atoms with Crippen LogP contribution in [0.2, 0.25) is 0 Å². The molecular weight excluding hydrogens is 1130 g/mol. The molecule has 412 valence electrons. The molecule has 13 aliphatic carbocycles. The van der Waals surface area contributed by atoms with Crippen LogP contribution in [0, 0.1) is 0 Å². The predicted molar refractivity (Wildman–Crippen MR) is 360 cm³/mol. The number of aliphatic carboxylic acids is 2. The van der Waals surface area contributed by atoms with Gasteiger partial charge in [0.05, 0.1) is 34.5 Å². The average molecular weight is 1160 g/mol. The van der Waals surface area contributed by atoms with Crippen LogP contribution in [0.25, 0.3) is 227 Å². The number of carbonyl (C=O) groups excluding carboxylic acids is 2. The molecule has 22 aromatic carbocycles. The summed E-state index contributed by atoms with van der Waals surface area (Å²) in [4.78, 5) is 48.9. The molecule has 0 aromatic heterocycles. The molecule has 3 spiro atoms. The van der Waals surface area contributed by atoms with Gasteiger partial charge in [-0.2, -0.15) is 0 Å². The molecule has 0 saturated heterocycles. The lowest BCUT2D eigenvalue weighted by Gasteiger charge is -2.35. The summed E-state index contributed by atoms with van der Waals surface area (Å²) >= 11 is 0. The first-order chi connectivity index (χ1) is 45.3. The summed E-state index contributed by atoms with van der Waals surface area (Å²) in [6.07, 6.45) is 0.802. The van der Waals surface area contributed by atoms with Crippen molar-refractivity contribution in [1.29, 1.82) is 0 Å². The number of amides is 2. The molecule has 35 rings (SSSR count). The van der Waals surface area contributed by atoms with Crippen molar-refractivity contribution in [1.82, 2.24) is 10.6 Å². The Hall–Kier alpha value is -10.7. The molecule has 1 saturated carbocycles. The number of rotatable bonds is 14. The van der Waals surface area contributed by atoms with E-state index in [1.807, 2.05) is 0 Å². The Balaban J connectivity index is 0.818. The zero-order valence-corrected chi connectivity index (χ0v) is 48.0. The molecular formula is C84H30N2O6. The van der Waals surface area contributed by atoms with Crippen molar-refractivity contribution in [2.24, 2.45) is 0 Å². The summed E-state index contributed by atoms with van der Waals surface area (Å²) in [5, 5.41) is 89.5. The lowest BCUT2D eigenvalue weighted by Crippen LogP contribution is -2.29. The zero-order chi connectivity index (χ0) is 57.7. The minimum Gasteiger partial charge on any atom is -0.481 e. The fourth-order valence-electron chi connectivity index (χ4n) is 29.9. The summed E-state index contributed by atoms with van der Waals surface area (Å²) < 4.78 is 0. The van der Waals surface area contributed by atoms with Crippen LogP contribution in [-0.2, 0) is 53.7 Å². The number of nitrogens with one attached hydrogen (secondary N) is 2. The zero-order valence-electron chi connectivity index (χ0n) is 48.0. The third kappa shape index (κ3) is 2.55. The van der Waals surface area contributed by atoms with Gasteiger partial charge in [0.15, 0.2) is 0 Å². The van der Waals surface area contributed by atoms with E-state index in [9.17, 15) is 29.4 Å². The molecule has 2 amide bonds. The first-order valence-electron chi connectivity index (χ1n) is 33.7. The van der Waals surface area contributed by atoms with Crippen LogP contribution >= 0.6 is 0 Å². The standard InChI is InChI=1S/C84H30N2O6/c87-21(9-11-23(89)90)85-15-13-17-1-5-19(6-2-17)82(20-7-3-18(4-8-20)14-16-86-22(88)10-12-24(91)92)83-77-63-50-36-29-28-32-25-26-31-27-30(25)40-48-39(32)46-35(28)37-38(36)51-45-47(37)58-57(46)73-59(48)60-49(40)41-34(27)44-53-43(31)52(42(50)33(26)29)65(77)66(53)78-67-55(44)54(41)61-69-71(67)80(84(78,82)83)72-68(79(83)64(51)63)56(45)62-70(72)76(69)81(73,74(60)61)75(58)62/h1-8,31,43H,9-16H2,(H,85,87)(H,86,88)(H,89,90)(H,91,92). The van der Waals surface area contributed by atoms with Gasteiger partial charge in [-0.1, -0.05) is 48.5 Å². The van der Waals surface area contributed by atoms with Crippen LogP contribution in [0.3, 0.4) is 0 Å². The molecule has 1 fully saturated rings. The van der Waals surface area contributed by atoms with E-state index in [0.29, 0.717) is 25.9 Å². The van der Waals surface area contributed by atoms with Gasteiger partial charge in [-0.3, -0.25) is 19.2 Å². The van der Waals surface area contributed by atoms with E-state index >= 15 is 0 Å². The minimum absolute atomic E-state index is 0.0368. The molecule has 0 bridgehead atoms. The maximum atomic E-state index is 13.0. The first-order valence-corrected chi connectivity index (χ1v) is 33.7. The number of carboxylic acids is 2. The third-order valence-electron chi connectivity index (χ3n) is 30.5. The normalized spacial score (nSPS) is 23.8. The highest BCUT2D eigenvalue weighted by atomic mass is 16.4. The van der Waals surface area contributed by atoms with Crippen LogP contribution in [0.5, 0.6) is 0 Å². The van der Waals surface area contributed by atoms with Gasteiger partial charge in [0, 0.05) is 37.8 Å². The SMILES string of the molecule is O=C(O)CCC(=O)NCCc1ccc(C2(c3ccc(CCNC(=O)CCC(=O)O)cc3)C34c5c6c7c8c9c5c5c%10c%11c%12c(c%13c%14c%15c%16c%17c%18c%19c%20c%21c%22c(c-%13c3c6c%22c3c7c6c7c%13c%22c%23c%24c(c9c5c5c%11c9c(c%15%12)c%16c%11c%18c(c%13c%19c7c%213)c%23c%11c9c%245)C86%22)C%14C%20%17)C%1024)cc1. The summed E-state index contributed by atoms with van der Waals surface area (Å²) in [6.45, 7) is 0.848. The molecule has 0 aliphatic heterocycles.